The molecule has 0 atom stereocenters. The Morgan fingerprint density at radius 2 is 1.51 bits per heavy atom. The highest BCUT2D eigenvalue weighted by atomic mass is 16.5. The summed E-state index contributed by atoms with van der Waals surface area (Å²) >= 11 is 0. The van der Waals surface area contributed by atoms with Crippen molar-refractivity contribution in [2.75, 3.05) is 6.61 Å². The Labute approximate surface area is 230 Å². The van der Waals surface area contributed by atoms with Crippen LogP contribution in [-0.4, -0.2) is 23.7 Å². The lowest BCUT2D eigenvalue weighted by atomic mass is 10.1. The van der Waals surface area contributed by atoms with Gasteiger partial charge in [-0.3, -0.25) is 4.79 Å². The summed E-state index contributed by atoms with van der Waals surface area (Å²) in [5.74, 6) is -0.535. The molecule has 3 aromatic rings. The zero-order valence-electron chi connectivity index (χ0n) is 22.4. The van der Waals surface area contributed by atoms with Gasteiger partial charge >= 0.3 is 11.9 Å². The van der Waals surface area contributed by atoms with Gasteiger partial charge in [0.05, 0.1) is 18.2 Å². The third-order valence-electron chi connectivity index (χ3n) is 6.18. The van der Waals surface area contributed by atoms with Crippen LogP contribution in [0.15, 0.2) is 66.7 Å². The molecule has 7 heteroatoms. The van der Waals surface area contributed by atoms with Gasteiger partial charge in [-0.15, -0.1) is 0 Å². The maximum Gasteiger partial charge on any atom is 0.342 e. The minimum Gasteiger partial charge on any atom is -0.507 e. The van der Waals surface area contributed by atoms with Gasteiger partial charge in [-0.2, -0.15) is 5.26 Å². The number of aryl methyl sites for hydroxylation is 1. The maximum absolute atomic E-state index is 12.5. The number of carbonyl (C=O) groups is 2. The number of unbranched alkanes of at least 4 members (excludes halogenated alkanes) is 5. The molecule has 204 valence electrons. The molecular formula is C32H35NO6. The van der Waals surface area contributed by atoms with Crippen LogP contribution < -0.4 is 9.47 Å². The molecular weight excluding hydrogens is 494 g/mol. The Bertz CT molecular complexity index is 1250. The van der Waals surface area contributed by atoms with Gasteiger partial charge in [0.15, 0.2) is 0 Å². The minimum absolute atomic E-state index is 0.0309. The second-order valence-electron chi connectivity index (χ2n) is 9.30. The number of esters is 2. The van der Waals surface area contributed by atoms with Gasteiger partial charge in [0.1, 0.15) is 29.4 Å². The minimum atomic E-state index is -0.756. The lowest BCUT2D eigenvalue weighted by Gasteiger charge is -2.10. The van der Waals surface area contributed by atoms with E-state index < -0.39 is 11.9 Å². The Hall–Kier alpha value is -4.31. The van der Waals surface area contributed by atoms with Crippen molar-refractivity contribution in [2.45, 2.75) is 64.9 Å². The average Bonchev–Trinajstić information content (AvgIpc) is 2.96. The Morgan fingerprint density at radius 1 is 0.846 bits per heavy atom. The second-order valence-corrected chi connectivity index (χ2v) is 9.30. The van der Waals surface area contributed by atoms with Crippen molar-refractivity contribution in [1.82, 2.24) is 0 Å². The number of nitrogens with zero attached hydrogens (tertiary/aromatic N) is 1. The molecule has 0 aromatic heterocycles. The van der Waals surface area contributed by atoms with E-state index in [0.29, 0.717) is 24.2 Å². The molecule has 0 unspecified atom stereocenters. The Morgan fingerprint density at radius 3 is 2.23 bits per heavy atom. The Kier molecular flexibility index (Phi) is 11.9. The summed E-state index contributed by atoms with van der Waals surface area (Å²) in [4.78, 5) is 24.9. The van der Waals surface area contributed by atoms with Crippen LogP contribution in [0.1, 0.15) is 78.9 Å². The number of aromatic hydroxyl groups is 1. The first-order valence-electron chi connectivity index (χ1n) is 13.4. The standard InChI is InChI=1S/C32H35NO6/c1-2-3-4-5-6-7-20-37-27-15-12-24(13-16-27)14-19-31(35)39-28-17-18-30(34)29(21-28)32(36)38-23-26-10-8-25(22-33)9-11-26/h8-13,15-18,21,34H,2-7,14,19-20,23H2,1H3. The summed E-state index contributed by atoms with van der Waals surface area (Å²) in [6, 6.07) is 20.3. The van der Waals surface area contributed by atoms with E-state index in [0.717, 1.165) is 17.7 Å². The number of nitriles is 1. The number of hydrogen-bond donors (Lipinski definition) is 1. The van der Waals surface area contributed by atoms with Gasteiger partial charge in [0.2, 0.25) is 0 Å². The fourth-order valence-corrected chi connectivity index (χ4v) is 3.90. The first kappa shape index (κ1) is 29.2. The molecule has 0 spiro atoms. The molecule has 0 saturated carbocycles. The van der Waals surface area contributed by atoms with Gasteiger partial charge in [0, 0.05) is 6.42 Å². The molecule has 0 bridgehead atoms. The smallest absolute Gasteiger partial charge is 0.342 e. The van der Waals surface area contributed by atoms with Gasteiger partial charge in [-0.05, 0) is 66.4 Å². The Balaban J connectivity index is 1.42. The molecule has 0 fully saturated rings. The molecule has 0 heterocycles. The molecule has 0 amide bonds. The van der Waals surface area contributed by atoms with Crippen LogP contribution >= 0.6 is 0 Å². The van der Waals surface area contributed by atoms with Gasteiger partial charge in [-0.25, -0.2) is 4.79 Å². The maximum atomic E-state index is 12.5. The fraction of sp³-hybridized carbons (Fsp3) is 0.344. The normalized spacial score (nSPS) is 10.5. The lowest BCUT2D eigenvalue weighted by molar-refractivity contribution is -0.134. The molecule has 39 heavy (non-hydrogen) atoms. The largest absolute Gasteiger partial charge is 0.507 e. The monoisotopic (exact) mass is 529 g/mol. The molecule has 3 rings (SSSR count). The van der Waals surface area contributed by atoms with Crippen LogP contribution in [0.5, 0.6) is 17.2 Å². The number of ether oxygens (including phenoxy) is 3. The van der Waals surface area contributed by atoms with E-state index in [1.165, 1.54) is 50.3 Å². The van der Waals surface area contributed by atoms with Crippen molar-refractivity contribution in [3.8, 4) is 23.3 Å². The van der Waals surface area contributed by atoms with Gasteiger partial charge in [0.25, 0.3) is 0 Å². The summed E-state index contributed by atoms with van der Waals surface area (Å²) in [6.45, 7) is 2.89. The fourth-order valence-electron chi connectivity index (χ4n) is 3.90. The van der Waals surface area contributed by atoms with E-state index in [1.54, 1.807) is 24.3 Å². The summed E-state index contributed by atoms with van der Waals surface area (Å²) in [5.41, 5.74) is 2.08. The predicted octanol–water partition coefficient (Wildman–Crippen LogP) is 6.90. The first-order chi connectivity index (χ1) is 19.0. The number of phenolic OH excluding ortho intramolecular Hbond substituents is 1. The van der Waals surface area contributed by atoms with Crippen molar-refractivity contribution >= 4 is 11.9 Å². The van der Waals surface area contributed by atoms with Crippen LogP contribution in [0.3, 0.4) is 0 Å². The highest BCUT2D eigenvalue weighted by molar-refractivity contribution is 5.93. The summed E-state index contributed by atoms with van der Waals surface area (Å²) < 4.78 is 16.4. The lowest BCUT2D eigenvalue weighted by Crippen LogP contribution is -2.10. The van der Waals surface area contributed by atoms with Crippen LogP contribution in [0.2, 0.25) is 0 Å². The van der Waals surface area contributed by atoms with Crippen molar-refractivity contribution in [1.29, 1.82) is 5.26 Å². The van der Waals surface area contributed by atoms with Crippen molar-refractivity contribution < 1.29 is 28.9 Å². The van der Waals surface area contributed by atoms with Crippen molar-refractivity contribution in [3.05, 3.63) is 89.0 Å². The van der Waals surface area contributed by atoms with Crippen LogP contribution in [0.25, 0.3) is 0 Å². The number of hydrogen-bond acceptors (Lipinski definition) is 7. The summed E-state index contributed by atoms with van der Waals surface area (Å²) in [6.07, 6.45) is 7.95. The highest BCUT2D eigenvalue weighted by Gasteiger charge is 2.16. The molecule has 0 aliphatic heterocycles. The molecule has 7 nitrogen and oxygen atoms in total. The zero-order chi connectivity index (χ0) is 27.9. The average molecular weight is 530 g/mol. The third kappa shape index (κ3) is 10.2. The number of phenols is 1. The van der Waals surface area contributed by atoms with E-state index in [4.69, 9.17) is 19.5 Å². The van der Waals surface area contributed by atoms with Crippen LogP contribution in [0, 0.1) is 11.3 Å². The van der Waals surface area contributed by atoms with E-state index in [9.17, 15) is 14.7 Å². The van der Waals surface area contributed by atoms with Crippen molar-refractivity contribution in [3.63, 3.8) is 0 Å². The number of benzene rings is 3. The van der Waals surface area contributed by atoms with Crippen LogP contribution in [0.4, 0.5) is 0 Å². The molecule has 0 radical (unpaired) electrons. The quantitative estimate of drug-likeness (QED) is 0.130. The molecule has 0 saturated heterocycles. The molecule has 0 aliphatic carbocycles. The first-order valence-corrected chi connectivity index (χ1v) is 13.4. The summed E-state index contributed by atoms with van der Waals surface area (Å²) in [5, 5.41) is 19.0. The van der Waals surface area contributed by atoms with E-state index in [-0.39, 0.29) is 30.1 Å². The zero-order valence-corrected chi connectivity index (χ0v) is 22.4. The van der Waals surface area contributed by atoms with E-state index in [1.807, 2.05) is 30.3 Å². The molecule has 0 aliphatic rings. The van der Waals surface area contributed by atoms with E-state index in [2.05, 4.69) is 6.92 Å². The van der Waals surface area contributed by atoms with Gasteiger partial charge in [-0.1, -0.05) is 63.3 Å². The third-order valence-corrected chi connectivity index (χ3v) is 6.18. The van der Waals surface area contributed by atoms with E-state index >= 15 is 0 Å². The molecule has 1 N–H and O–H groups in total. The summed E-state index contributed by atoms with van der Waals surface area (Å²) in [7, 11) is 0. The number of rotatable bonds is 15. The van der Waals surface area contributed by atoms with Crippen LogP contribution in [-0.2, 0) is 22.6 Å². The predicted molar refractivity (Wildman–Crippen MR) is 148 cm³/mol. The topological polar surface area (TPSA) is 106 Å². The van der Waals surface area contributed by atoms with Gasteiger partial charge < -0.3 is 19.3 Å². The second kappa shape index (κ2) is 15.8. The SMILES string of the molecule is CCCCCCCCOc1ccc(CCC(=O)Oc2ccc(O)c(C(=O)OCc3ccc(C#N)cc3)c2)cc1. The van der Waals surface area contributed by atoms with Crippen molar-refractivity contribution in [2.24, 2.45) is 0 Å². The highest BCUT2D eigenvalue weighted by Crippen LogP contribution is 2.25. The molecule has 3 aromatic carbocycles. The number of carbonyl (C=O) groups excluding carboxylic acids is 2.